The van der Waals surface area contributed by atoms with Gasteiger partial charge in [-0.1, -0.05) is 33.8 Å². The molecule has 1 aromatic carbocycles. The van der Waals surface area contributed by atoms with Gasteiger partial charge in [0.25, 0.3) is 0 Å². The molecule has 0 fully saturated rings. The van der Waals surface area contributed by atoms with Gasteiger partial charge < -0.3 is 10.1 Å². The van der Waals surface area contributed by atoms with Gasteiger partial charge in [-0.2, -0.15) is 0 Å². The van der Waals surface area contributed by atoms with Crippen LogP contribution in [0.4, 0.5) is 5.69 Å². The lowest BCUT2D eigenvalue weighted by molar-refractivity contribution is 0.318. The van der Waals surface area contributed by atoms with E-state index in [2.05, 4.69) is 51.2 Å². The lowest BCUT2D eigenvalue weighted by Gasteiger charge is -2.21. The predicted octanol–water partition coefficient (Wildman–Crippen LogP) is 3.81. The van der Waals surface area contributed by atoms with E-state index in [1.54, 1.807) is 0 Å². The second kappa shape index (κ2) is 5.24. The Bertz CT molecular complexity index is 339. The summed E-state index contributed by atoms with van der Waals surface area (Å²) in [6, 6.07) is 6.37. The first-order valence-electron chi connectivity index (χ1n) is 5.94. The summed E-state index contributed by atoms with van der Waals surface area (Å²) in [5, 5.41) is 3.19. The summed E-state index contributed by atoms with van der Waals surface area (Å²) in [7, 11) is 1.93. The quantitative estimate of drug-likeness (QED) is 0.834. The molecule has 2 nitrogen and oxygen atoms in total. The molecule has 0 radical (unpaired) electrons. The second-order valence-corrected chi connectivity index (χ2v) is 5.06. The van der Waals surface area contributed by atoms with E-state index >= 15 is 0 Å². The molecule has 2 heteroatoms. The van der Waals surface area contributed by atoms with Gasteiger partial charge in [-0.05, 0) is 29.5 Å². The second-order valence-electron chi connectivity index (χ2n) is 5.06. The SMILES string of the molecule is CCCOc1ccc(C(C)(C)C)cc1NC. The first kappa shape index (κ1) is 12.9. The number of rotatable bonds is 4. The normalized spacial score (nSPS) is 11.3. The Balaban J connectivity index is 2.97. The van der Waals surface area contributed by atoms with Crippen molar-refractivity contribution in [1.29, 1.82) is 0 Å². The molecule has 16 heavy (non-hydrogen) atoms. The molecular weight excluding hydrogens is 198 g/mol. The molecule has 90 valence electrons. The van der Waals surface area contributed by atoms with Gasteiger partial charge in [-0.25, -0.2) is 0 Å². The van der Waals surface area contributed by atoms with Crippen LogP contribution in [0.1, 0.15) is 39.7 Å². The monoisotopic (exact) mass is 221 g/mol. The van der Waals surface area contributed by atoms with E-state index in [0.717, 1.165) is 24.5 Å². The Kier molecular flexibility index (Phi) is 4.22. The molecule has 0 saturated heterocycles. The summed E-state index contributed by atoms with van der Waals surface area (Å²) in [6.45, 7) is 9.53. The van der Waals surface area contributed by atoms with Gasteiger partial charge in [0.05, 0.1) is 12.3 Å². The molecule has 1 N–H and O–H groups in total. The molecule has 1 rings (SSSR count). The van der Waals surface area contributed by atoms with Gasteiger partial charge in [0.1, 0.15) is 5.75 Å². The Morgan fingerprint density at radius 2 is 1.94 bits per heavy atom. The van der Waals surface area contributed by atoms with Crippen molar-refractivity contribution in [3.8, 4) is 5.75 Å². The summed E-state index contributed by atoms with van der Waals surface area (Å²) >= 11 is 0. The third-order valence-corrected chi connectivity index (χ3v) is 2.58. The van der Waals surface area contributed by atoms with Crippen LogP contribution in [-0.4, -0.2) is 13.7 Å². The number of hydrogen-bond donors (Lipinski definition) is 1. The minimum Gasteiger partial charge on any atom is -0.491 e. The molecule has 0 atom stereocenters. The molecule has 0 bridgehead atoms. The highest BCUT2D eigenvalue weighted by atomic mass is 16.5. The van der Waals surface area contributed by atoms with Gasteiger partial charge in [-0.15, -0.1) is 0 Å². The number of benzene rings is 1. The molecule has 0 heterocycles. The minimum absolute atomic E-state index is 0.175. The van der Waals surface area contributed by atoms with E-state index in [-0.39, 0.29) is 5.41 Å². The van der Waals surface area contributed by atoms with Crippen molar-refractivity contribution in [2.24, 2.45) is 0 Å². The number of hydrogen-bond acceptors (Lipinski definition) is 2. The van der Waals surface area contributed by atoms with Crippen molar-refractivity contribution >= 4 is 5.69 Å². The molecule has 0 unspecified atom stereocenters. The Labute approximate surface area is 99.0 Å². The first-order valence-corrected chi connectivity index (χ1v) is 5.94. The molecule has 1 aromatic rings. The first-order chi connectivity index (χ1) is 7.49. The van der Waals surface area contributed by atoms with Crippen LogP contribution in [0, 0.1) is 0 Å². The van der Waals surface area contributed by atoms with Crippen molar-refractivity contribution in [1.82, 2.24) is 0 Å². The zero-order valence-electron chi connectivity index (χ0n) is 11.1. The maximum Gasteiger partial charge on any atom is 0.142 e. The van der Waals surface area contributed by atoms with Crippen molar-refractivity contribution in [3.05, 3.63) is 23.8 Å². The number of anilines is 1. The standard InChI is InChI=1S/C14H23NO/c1-6-9-16-13-8-7-11(14(2,3)4)10-12(13)15-5/h7-8,10,15H,6,9H2,1-5H3. The fourth-order valence-corrected chi connectivity index (χ4v) is 1.53. The Hall–Kier alpha value is -1.18. The molecule has 0 aliphatic rings. The summed E-state index contributed by atoms with van der Waals surface area (Å²) in [5.74, 6) is 0.942. The highest BCUT2D eigenvalue weighted by Crippen LogP contribution is 2.31. The average Bonchev–Trinajstić information content (AvgIpc) is 2.24. The highest BCUT2D eigenvalue weighted by Gasteiger charge is 2.15. The van der Waals surface area contributed by atoms with E-state index < -0.39 is 0 Å². The fraction of sp³-hybridized carbons (Fsp3) is 0.571. The molecule has 0 aromatic heterocycles. The lowest BCUT2D eigenvalue weighted by Crippen LogP contribution is -2.11. The fourth-order valence-electron chi connectivity index (χ4n) is 1.53. The van der Waals surface area contributed by atoms with Crippen LogP contribution in [0.25, 0.3) is 0 Å². The molecule has 0 spiro atoms. The van der Waals surface area contributed by atoms with Crippen LogP contribution in [0.3, 0.4) is 0 Å². The minimum atomic E-state index is 0.175. The van der Waals surface area contributed by atoms with E-state index in [0.29, 0.717) is 0 Å². The molecule has 0 saturated carbocycles. The number of ether oxygens (including phenoxy) is 1. The van der Waals surface area contributed by atoms with Crippen LogP contribution in [-0.2, 0) is 5.41 Å². The summed E-state index contributed by atoms with van der Waals surface area (Å²) in [6.07, 6.45) is 1.03. The van der Waals surface area contributed by atoms with E-state index in [9.17, 15) is 0 Å². The smallest absolute Gasteiger partial charge is 0.142 e. The summed E-state index contributed by atoms with van der Waals surface area (Å²) in [4.78, 5) is 0. The van der Waals surface area contributed by atoms with E-state index in [1.807, 2.05) is 7.05 Å². The third kappa shape index (κ3) is 3.16. The van der Waals surface area contributed by atoms with Crippen LogP contribution in [0.15, 0.2) is 18.2 Å². The number of nitrogens with one attached hydrogen (secondary N) is 1. The van der Waals surface area contributed by atoms with Crippen molar-refractivity contribution in [2.75, 3.05) is 19.0 Å². The Morgan fingerprint density at radius 1 is 1.25 bits per heavy atom. The molecule has 0 aliphatic carbocycles. The highest BCUT2D eigenvalue weighted by molar-refractivity contribution is 5.58. The van der Waals surface area contributed by atoms with Gasteiger partial charge >= 0.3 is 0 Å². The van der Waals surface area contributed by atoms with Crippen LogP contribution in [0.5, 0.6) is 5.75 Å². The largest absolute Gasteiger partial charge is 0.491 e. The summed E-state index contributed by atoms with van der Waals surface area (Å²) < 4.78 is 5.68. The van der Waals surface area contributed by atoms with Crippen LogP contribution in [0.2, 0.25) is 0 Å². The molecule has 0 amide bonds. The van der Waals surface area contributed by atoms with Crippen LogP contribution >= 0.6 is 0 Å². The zero-order valence-corrected chi connectivity index (χ0v) is 11.1. The summed E-state index contributed by atoms with van der Waals surface area (Å²) in [5.41, 5.74) is 2.57. The van der Waals surface area contributed by atoms with Gasteiger partial charge in [0.2, 0.25) is 0 Å². The van der Waals surface area contributed by atoms with Gasteiger partial charge in [0, 0.05) is 7.05 Å². The van der Waals surface area contributed by atoms with Crippen molar-refractivity contribution in [3.63, 3.8) is 0 Å². The third-order valence-electron chi connectivity index (χ3n) is 2.58. The zero-order chi connectivity index (χ0) is 12.2. The maximum atomic E-state index is 5.68. The maximum absolute atomic E-state index is 5.68. The van der Waals surface area contributed by atoms with Crippen molar-refractivity contribution in [2.45, 2.75) is 39.5 Å². The molecule has 0 aliphatic heterocycles. The van der Waals surface area contributed by atoms with Crippen LogP contribution < -0.4 is 10.1 Å². The molecular formula is C14H23NO. The van der Waals surface area contributed by atoms with Gasteiger partial charge in [0.15, 0.2) is 0 Å². The predicted molar refractivity (Wildman–Crippen MR) is 70.5 cm³/mol. The van der Waals surface area contributed by atoms with E-state index in [4.69, 9.17) is 4.74 Å². The van der Waals surface area contributed by atoms with Crippen molar-refractivity contribution < 1.29 is 4.74 Å². The van der Waals surface area contributed by atoms with E-state index in [1.165, 1.54) is 5.56 Å². The lowest BCUT2D eigenvalue weighted by atomic mass is 9.87. The van der Waals surface area contributed by atoms with Gasteiger partial charge in [-0.3, -0.25) is 0 Å². The average molecular weight is 221 g/mol. The Morgan fingerprint density at radius 3 is 2.44 bits per heavy atom. The topological polar surface area (TPSA) is 21.3 Å².